The molecule has 0 radical (unpaired) electrons. The van der Waals surface area contributed by atoms with Gasteiger partial charge in [0.15, 0.2) is 0 Å². The van der Waals surface area contributed by atoms with Gasteiger partial charge in [-0.15, -0.1) is 0 Å². The summed E-state index contributed by atoms with van der Waals surface area (Å²) in [6, 6.07) is 5.07. The average Bonchev–Trinajstić information content (AvgIpc) is 2.38. The number of benzene rings is 1. The second-order valence-electron chi connectivity index (χ2n) is 3.93. The molecule has 0 aliphatic rings. The van der Waals surface area contributed by atoms with Crippen molar-refractivity contribution in [1.29, 1.82) is 0 Å². The third kappa shape index (κ3) is 5.17. The Morgan fingerprint density at radius 3 is 2.68 bits per heavy atom. The number of nitrogens with one attached hydrogen (secondary N) is 2. The molecule has 1 rings (SSSR count). The molecular formula is C12H17F3N4. The second kappa shape index (κ2) is 6.98. The Morgan fingerprint density at radius 1 is 1.37 bits per heavy atom. The van der Waals surface area contributed by atoms with Gasteiger partial charge in [-0.2, -0.15) is 13.2 Å². The molecular weight excluding hydrogens is 257 g/mol. The number of hydrogen-bond acceptors (Lipinski definition) is 2. The molecule has 0 aliphatic heterocycles. The van der Waals surface area contributed by atoms with Crippen molar-refractivity contribution in [3.05, 3.63) is 35.4 Å². The summed E-state index contributed by atoms with van der Waals surface area (Å²) in [7, 11) is 0. The quantitative estimate of drug-likeness (QED) is 0.341. The third-order valence-electron chi connectivity index (χ3n) is 2.35. The lowest BCUT2D eigenvalue weighted by molar-refractivity contribution is -0.137. The minimum Gasteiger partial charge on any atom is -0.355 e. The van der Waals surface area contributed by atoms with E-state index >= 15 is 0 Å². The Labute approximate surface area is 109 Å². The molecule has 106 valence electrons. The highest BCUT2D eigenvalue weighted by molar-refractivity contribution is 5.79. The molecule has 1 aromatic rings. The van der Waals surface area contributed by atoms with Crippen LogP contribution >= 0.6 is 0 Å². The van der Waals surface area contributed by atoms with E-state index in [0.29, 0.717) is 18.1 Å². The van der Waals surface area contributed by atoms with Gasteiger partial charge in [0.1, 0.15) is 0 Å². The van der Waals surface area contributed by atoms with E-state index in [2.05, 4.69) is 15.7 Å². The summed E-state index contributed by atoms with van der Waals surface area (Å²) in [6.45, 7) is 2.79. The minimum absolute atomic E-state index is 0.125. The van der Waals surface area contributed by atoms with Crippen LogP contribution in [0.5, 0.6) is 0 Å². The van der Waals surface area contributed by atoms with E-state index in [-0.39, 0.29) is 6.54 Å². The lowest BCUT2D eigenvalue weighted by atomic mass is 10.1. The first-order valence-corrected chi connectivity index (χ1v) is 5.88. The van der Waals surface area contributed by atoms with Gasteiger partial charge in [-0.05, 0) is 24.1 Å². The van der Waals surface area contributed by atoms with Crippen LogP contribution in [0.3, 0.4) is 0 Å². The Kier molecular flexibility index (Phi) is 5.62. The van der Waals surface area contributed by atoms with Crippen molar-refractivity contribution in [3.8, 4) is 0 Å². The Balaban J connectivity index is 2.74. The van der Waals surface area contributed by atoms with Gasteiger partial charge in [0.05, 0.1) is 12.1 Å². The standard InChI is InChI=1S/C12H17F3N4/c1-2-6-17-11(19-16)18-8-9-4-3-5-10(7-9)12(13,14)15/h3-5,7H,2,6,8,16H2,1H3,(H2,17,18,19). The smallest absolute Gasteiger partial charge is 0.355 e. The molecule has 0 aliphatic carbocycles. The second-order valence-corrected chi connectivity index (χ2v) is 3.93. The monoisotopic (exact) mass is 274 g/mol. The average molecular weight is 274 g/mol. The van der Waals surface area contributed by atoms with Crippen LogP contribution in [0.15, 0.2) is 29.3 Å². The summed E-state index contributed by atoms with van der Waals surface area (Å²) in [5, 5.41) is 2.93. The van der Waals surface area contributed by atoms with E-state index in [9.17, 15) is 13.2 Å². The molecule has 0 saturated carbocycles. The van der Waals surface area contributed by atoms with E-state index in [1.54, 1.807) is 6.07 Å². The molecule has 0 spiro atoms. The van der Waals surface area contributed by atoms with Gasteiger partial charge in [0.25, 0.3) is 0 Å². The molecule has 0 atom stereocenters. The van der Waals surface area contributed by atoms with Crippen LogP contribution in [0, 0.1) is 0 Å². The van der Waals surface area contributed by atoms with Gasteiger partial charge in [0, 0.05) is 6.54 Å². The van der Waals surface area contributed by atoms with E-state index in [1.165, 1.54) is 6.07 Å². The van der Waals surface area contributed by atoms with Crippen LogP contribution in [0.4, 0.5) is 13.2 Å². The Bertz CT molecular complexity index is 429. The Morgan fingerprint density at radius 2 is 2.11 bits per heavy atom. The van der Waals surface area contributed by atoms with Crippen LogP contribution in [0.25, 0.3) is 0 Å². The first kappa shape index (κ1) is 15.3. The van der Waals surface area contributed by atoms with Crippen molar-refractivity contribution in [2.45, 2.75) is 26.1 Å². The number of guanidine groups is 1. The first-order chi connectivity index (χ1) is 8.97. The summed E-state index contributed by atoms with van der Waals surface area (Å²) in [5.41, 5.74) is 2.16. The summed E-state index contributed by atoms with van der Waals surface area (Å²) >= 11 is 0. The van der Waals surface area contributed by atoms with Gasteiger partial charge >= 0.3 is 6.18 Å². The van der Waals surface area contributed by atoms with Crippen molar-refractivity contribution >= 4 is 5.96 Å². The van der Waals surface area contributed by atoms with Crippen molar-refractivity contribution in [3.63, 3.8) is 0 Å². The third-order valence-corrected chi connectivity index (χ3v) is 2.35. The van der Waals surface area contributed by atoms with Crippen LogP contribution in [0.2, 0.25) is 0 Å². The van der Waals surface area contributed by atoms with Crippen LogP contribution in [-0.4, -0.2) is 12.5 Å². The topological polar surface area (TPSA) is 62.4 Å². The number of nitrogens with zero attached hydrogens (tertiary/aromatic N) is 1. The number of alkyl halides is 3. The maximum atomic E-state index is 12.5. The highest BCUT2D eigenvalue weighted by Gasteiger charge is 2.30. The fourth-order valence-electron chi connectivity index (χ4n) is 1.41. The predicted octanol–water partition coefficient (Wildman–Crippen LogP) is 2.02. The van der Waals surface area contributed by atoms with E-state index in [1.807, 2.05) is 6.92 Å². The number of halogens is 3. The lowest BCUT2D eigenvalue weighted by Gasteiger charge is -2.09. The normalized spacial score (nSPS) is 12.4. The minimum atomic E-state index is -4.34. The molecule has 19 heavy (non-hydrogen) atoms. The zero-order chi connectivity index (χ0) is 14.3. The highest BCUT2D eigenvalue weighted by Crippen LogP contribution is 2.29. The largest absolute Gasteiger partial charge is 0.416 e. The van der Waals surface area contributed by atoms with Gasteiger partial charge < -0.3 is 5.32 Å². The zero-order valence-corrected chi connectivity index (χ0v) is 10.6. The molecule has 0 fully saturated rings. The van der Waals surface area contributed by atoms with Crippen molar-refractivity contribution in [2.24, 2.45) is 10.8 Å². The molecule has 0 heterocycles. The van der Waals surface area contributed by atoms with Crippen LogP contribution in [-0.2, 0) is 12.7 Å². The maximum absolute atomic E-state index is 12.5. The summed E-state index contributed by atoms with van der Waals surface area (Å²) < 4.78 is 37.6. The van der Waals surface area contributed by atoms with E-state index in [4.69, 9.17) is 5.84 Å². The summed E-state index contributed by atoms with van der Waals surface area (Å²) in [4.78, 5) is 4.08. The fourth-order valence-corrected chi connectivity index (χ4v) is 1.41. The fraction of sp³-hybridized carbons (Fsp3) is 0.417. The number of hydrogen-bond donors (Lipinski definition) is 3. The summed E-state index contributed by atoms with van der Waals surface area (Å²) in [5.74, 6) is 5.61. The predicted molar refractivity (Wildman–Crippen MR) is 68.2 cm³/mol. The number of hydrazine groups is 1. The Hall–Kier alpha value is -1.76. The van der Waals surface area contributed by atoms with Crippen LogP contribution in [0.1, 0.15) is 24.5 Å². The van der Waals surface area contributed by atoms with Crippen molar-refractivity contribution in [2.75, 3.05) is 6.54 Å². The molecule has 7 heteroatoms. The van der Waals surface area contributed by atoms with Crippen molar-refractivity contribution in [1.82, 2.24) is 10.7 Å². The van der Waals surface area contributed by atoms with E-state index in [0.717, 1.165) is 18.6 Å². The molecule has 0 saturated heterocycles. The molecule has 0 amide bonds. The molecule has 0 bridgehead atoms. The van der Waals surface area contributed by atoms with Gasteiger partial charge in [-0.3, -0.25) is 5.43 Å². The molecule has 4 N–H and O–H groups in total. The molecule has 0 aromatic heterocycles. The summed E-state index contributed by atoms with van der Waals surface area (Å²) in [6.07, 6.45) is -3.45. The SMILES string of the molecule is CCCNC(=NCc1cccc(C(F)(F)F)c1)NN. The van der Waals surface area contributed by atoms with Gasteiger partial charge in [-0.25, -0.2) is 10.8 Å². The molecule has 1 aromatic carbocycles. The zero-order valence-electron chi connectivity index (χ0n) is 10.6. The first-order valence-electron chi connectivity index (χ1n) is 5.88. The van der Waals surface area contributed by atoms with Gasteiger partial charge in [-0.1, -0.05) is 19.1 Å². The molecule has 4 nitrogen and oxygen atoms in total. The number of nitrogens with two attached hydrogens (primary N) is 1. The van der Waals surface area contributed by atoms with Crippen LogP contribution < -0.4 is 16.6 Å². The van der Waals surface area contributed by atoms with E-state index < -0.39 is 11.7 Å². The highest BCUT2D eigenvalue weighted by atomic mass is 19.4. The lowest BCUT2D eigenvalue weighted by Crippen LogP contribution is -2.41. The van der Waals surface area contributed by atoms with Crippen molar-refractivity contribution < 1.29 is 13.2 Å². The maximum Gasteiger partial charge on any atom is 0.416 e. The molecule has 0 unspecified atom stereocenters. The van der Waals surface area contributed by atoms with Gasteiger partial charge in [0.2, 0.25) is 5.96 Å². The number of rotatable bonds is 4. The number of aliphatic imine (C=N–C) groups is 1.